The van der Waals surface area contributed by atoms with E-state index in [9.17, 15) is 5.11 Å². The van der Waals surface area contributed by atoms with E-state index >= 15 is 0 Å². The van der Waals surface area contributed by atoms with Gasteiger partial charge < -0.3 is 5.11 Å². The first-order valence-corrected chi connectivity index (χ1v) is 5.82. The summed E-state index contributed by atoms with van der Waals surface area (Å²) in [6, 6.07) is 7.69. The van der Waals surface area contributed by atoms with E-state index in [1.54, 1.807) is 6.08 Å². The molecule has 14 heavy (non-hydrogen) atoms. The maximum Gasteiger partial charge on any atom is 0.124 e. The minimum atomic E-state index is 0.230. The maximum atomic E-state index is 9.71. The summed E-state index contributed by atoms with van der Waals surface area (Å²) in [6.07, 6.45) is 3.50. The lowest BCUT2D eigenvalue weighted by molar-refractivity contribution is 0.512. The van der Waals surface area contributed by atoms with E-state index in [4.69, 9.17) is 12.2 Å². The Kier molecular flexibility index (Phi) is 4.17. The highest BCUT2D eigenvalue weighted by Gasteiger charge is 1.99. The molecule has 1 aromatic carbocycles. The molecule has 0 heterocycles. The number of aliphatic hydroxyl groups is 1. The van der Waals surface area contributed by atoms with Crippen LogP contribution in [-0.2, 0) is 0 Å². The second kappa shape index (κ2) is 5.17. The Morgan fingerprint density at radius 2 is 2.21 bits per heavy atom. The monoisotopic (exact) mass is 224 g/mol. The zero-order valence-corrected chi connectivity index (χ0v) is 9.78. The predicted octanol–water partition coefficient (Wildman–Crippen LogP) is 3.58. The van der Waals surface area contributed by atoms with Gasteiger partial charge in [0.1, 0.15) is 5.76 Å². The Labute approximate surface area is 93.8 Å². The SMILES string of the molecule is CSC(=S)/C=C(\O)c1cccc(C)c1. The van der Waals surface area contributed by atoms with Gasteiger partial charge in [0.25, 0.3) is 0 Å². The number of hydrogen-bond acceptors (Lipinski definition) is 3. The van der Waals surface area contributed by atoms with Crippen LogP contribution in [0.25, 0.3) is 5.76 Å². The van der Waals surface area contributed by atoms with Crippen molar-refractivity contribution in [2.24, 2.45) is 0 Å². The number of aliphatic hydroxyl groups excluding tert-OH is 1. The standard InChI is InChI=1S/C11H12OS2/c1-8-4-3-5-9(6-8)10(12)7-11(13)14-2/h3-7,12H,1-2H3/b10-7-. The van der Waals surface area contributed by atoms with Crippen LogP contribution >= 0.6 is 24.0 Å². The van der Waals surface area contributed by atoms with Crippen LogP contribution in [0.2, 0.25) is 0 Å². The van der Waals surface area contributed by atoms with Crippen LogP contribution in [0, 0.1) is 6.92 Å². The molecule has 0 spiro atoms. The van der Waals surface area contributed by atoms with Gasteiger partial charge in [-0.15, -0.1) is 11.8 Å². The van der Waals surface area contributed by atoms with Crippen molar-refractivity contribution in [1.82, 2.24) is 0 Å². The fourth-order valence-electron chi connectivity index (χ4n) is 1.06. The zero-order valence-electron chi connectivity index (χ0n) is 8.15. The van der Waals surface area contributed by atoms with Crippen molar-refractivity contribution >= 4 is 33.9 Å². The molecule has 1 aromatic rings. The average molecular weight is 224 g/mol. The number of thioether (sulfide) groups is 1. The molecule has 1 N–H and O–H groups in total. The maximum absolute atomic E-state index is 9.71. The molecule has 0 saturated carbocycles. The van der Waals surface area contributed by atoms with Gasteiger partial charge in [0.2, 0.25) is 0 Å². The molecule has 0 atom stereocenters. The lowest BCUT2D eigenvalue weighted by Crippen LogP contribution is -1.87. The van der Waals surface area contributed by atoms with E-state index in [-0.39, 0.29) is 5.76 Å². The Bertz CT molecular complexity index is 369. The first-order valence-electron chi connectivity index (χ1n) is 4.19. The summed E-state index contributed by atoms with van der Waals surface area (Å²) in [5.74, 6) is 0.230. The minimum Gasteiger partial charge on any atom is -0.507 e. The molecule has 0 fully saturated rings. The van der Waals surface area contributed by atoms with Gasteiger partial charge >= 0.3 is 0 Å². The first kappa shape index (κ1) is 11.3. The molecule has 0 radical (unpaired) electrons. The molecule has 0 aliphatic heterocycles. The highest BCUT2D eigenvalue weighted by molar-refractivity contribution is 8.23. The van der Waals surface area contributed by atoms with Gasteiger partial charge in [0, 0.05) is 11.6 Å². The van der Waals surface area contributed by atoms with Gasteiger partial charge in [-0.3, -0.25) is 0 Å². The third-order valence-electron chi connectivity index (χ3n) is 1.77. The predicted molar refractivity (Wildman–Crippen MR) is 67.9 cm³/mol. The summed E-state index contributed by atoms with van der Waals surface area (Å²) in [5, 5.41) is 9.71. The van der Waals surface area contributed by atoms with E-state index in [0.29, 0.717) is 4.20 Å². The molecule has 0 aliphatic carbocycles. The van der Waals surface area contributed by atoms with Crippen LogP contribution in [0.4, 0.5) is 0 Å². The second-order valence-corrected chi connectivity index (χ2v) is 4.47. The summed E-state index contributed by atoms with van der Waals surface area (Å²) in [7, 11) is 0. The van der Waals surface area contributed by atoms with Gasteiger partial charge in [-0.25, -0.2) is 0 Å². The third kappa shape index (κ3) is 3.16. The van der Waals surface area contributed by atoms with E-state index in [1.165, 1.54) is 11.8 Å². The summed E-state index contributed by atoms with van der Waals surface area (Å²) >= 11 is 6.44. The number of rotatable bonds is 2. The van der Waals surface area contributed by atoms with Crippen molar-refractivity contribution in [1.29, 1.82) is 0 Å². The zero-order chi connectivity index (χ0) is 10.6. The van der Waals surface area contributed by atoms with Crippen LogP contribution in [0.15, 0.2) is 30.3 Å². The molecule has 74 valence electrons. The number of hydrogen-bond donors (Lipinski definition) is 1. The smallest absolute Gasteiger partial charge is 0.124 e. The lowest BCUT2D eigenvalue weighted by Gasteiger charge is -2.01. The molecule has 0 unspecified atom stereocenters. The van der Waals surface area contributed by atoms with Gasteiger partial charge in [0.15, 0.2) is 0 Å². The summed E-state index contributed by atoms with van der Waals surface area (Å²) in [4.78, 5) is 0. The van der Waals surface area contributed by atoms with Gasteiger partial charge in [-0.1, -0.05) is 36.0 Å². The topological polar surface area (TPSA) is 20.2 Å². The average Bonchev–Trinajstić information content (AvgIpc) is 2.17. The molecule has 0 aliphatic rings. The number of thiocarbonyl (C=S) groups is 1. The summed E-state index contributed by atoms with van der Waals surface area (Å²) in [5.41, 5.74) is 1.93. The molecular formula is C11H12OS2. The Balaban J connectivity index is 2.94. The second-order valence-electron chi connectivity index (χ2n) is 2.92. The lowest BCUT2D eigenvalue weighted by atomic mass is 10.1. The normalized spacial score (nSPS) is 11.4. The van der Waals surface area contributed by atoms with E-state index in [2.05, 4.69) is 0 Å². The molecule has 0 saturated heterocycles. The largest absolute Gasteiger partial charge is 0.507 e. The van der Waals surface area contributed by atoms with Crippen molar-refractivity contribution < 1.29 is 5.11 Å². The van der Waals surface area contributed by atoms with Crippen molar-refractivity contribution in [3.05, 3.63) is 41.5 Å². The Morgan fingerprint density at radius 1 is 1.50 bits per heavy atom. The minimum absolute atomic E-state index is 0.230. The quantitative estimate of drug-likeness (QED) is 0.471. The van der Waals surface area contributed by atoms with Crippen molar-refractivity contribution in [2.45, 2.75) is 6.92 Å². The highest BCUT2D eigenvalue weighted by Crippen LogP contribution is 2.14. The molecule has 0 aromatic heterocycles. The molecular weight excluding hydrogens is 212 g/mol. The third-order valence-corrected chi connectivity index (χ3v) is 2.91. The summed E-state index contributed by atoms with van der Waals surface area (Å²) < 4.78 is 0.684. The van der Waals surface area contributed by atoms with E-state index in [1.807, 2.05) is 37.4 Å². The number of aryl methyl sites for hydroxylation is 1. The molecule has 0 amide bonds. The highest BCUT2D eigenvalue weighted by atomic mass is 32.2. The van der Waals surface area contributed by atoms with Crippen LogP contribution in [0.1, 0.15) is 11.1 Å². The van der Waals surface area contributed by atoms with Crippen molar-refractivity contribution in [3.8, 4) is 0 Å². The Hall–Kier alpha value is -0.800. The fraction of sp³-hybridized carbons (Fsp3) is 0.182. The first-order chi connectivity index (χ1) is 6.63. The molecule has 0 bridgehead atoms. The van der Waals surface area contributed by atoms with Crippen LogP contribution in [0.5, 0.6) is 0 Å². The number of benzene rings is 1. The van der Waals surface area contributed by atoms with E-state index < -0.39 is 0 Å². The van der Waals surface area contributed by atoms with Crippen LogP contribution in [-0.4, -0.2) is 15.6 Å². The van der Waals surface area contributed by atoms with Gasteiger partial charge in [0.05, 0.1) is 4.20 Å². The van der Waals surface area contributed by atoms with Crippen molar-refractivity contribution in [2.75, 3.05) is 6.26 Å². The van der Waals surface area contributed by atoms with Gasteiger partial charge in [-0.2, -0.15) is 0 Å². The Morgan fingerprint density at radius 3 is 2.79 bits per heavy atom. The van der Waals surface area contributed by atoms with Crippen molar-refractivity contribution in [3.63, 3.8) is 0 Å². The van der Waals surface area contributed by atoms with Crippen LogP contribution < -0.4 is 0 Å². The van der Waals surface area contributed by atoms with E-state index in [0.717, 1.165) is 11.1 Å². The van der Waals surface area contributed by atoms with Gasteiger partial charge in [-0.05, 0) is 19.2 Å². The molecule has 1 rings (SSSR count). The van der Waals surface area contributed by atoms with Crippen LogP contribution in [0.3, 0.4) is 0 Å². The summed E-state index contributed by atoms with van der Waals surface area (Å²) in [6.45, 7) is 1.99. The fourth-order valence-corrected chi connectivity index (χ4v) is 1.40. The molecule has 3 heteroatoms. The molecule has 1 nitrogen and oxygen atoms in total.